The number of nitrogens with zero attached hydrogens (tertiary/aromatic N) is 1. The molecule has 0 spiro atoms. The zero-order valence-electron chi connectivity index (χ0n) is 15.2. The van der Waals surface area contributed by atoms with E-state index in [4.69, 9.17) is 14.2 Å². The van der Waals surface area contributed by atoms with Gasteiger partial charge in [-0.1, -0.05) is 42.5 Å². The first-order chi connectivity index (χ1) is 13.7. The zero-order valence-corrected chi connectivity index (χ0v) is 15.2. The van der Waals surface area contributed by atoms with Crippen molar-refractivity contribution in [3.8, 4) is 11.5 Å². The number of fused-ring (bicyclic) bond motifs is 1. The number of rotatable bonds is 3. The van der Waals surface area contributed by atoms with E-state index in [-0.39, 0.29) is 11.5 Å². The van der Waals surface area contributed by atoms with Crippen LogP contribution in [0.3, 0.4) is 0 Å². The van der Waals surface area contributed by atoms with E-state index in [0.717, 1.165) is 5.56 Å². The van der Waals surface area contributed by atoms with Crippen LogP contribution >= 0.6 is 0 Å². The van der Waals surface area contributed by atoms with Gasteiger partial charge in [-0.05, 0) is 23.8 Å². The average molecular weight is 377 g/mol. The minimum absolute atomic E-state index is 0.196. The normalized spacial score (nSPS) is 17.6. The first-order valence-electron chi connectivity index (χ1n) is 9.05. The van der Waals surface area contributed by atoms with E-state index in [1.54, 1.807) is 35.3 Å². The third kappa shape index (κ3) is 3.97. The fourth-order valence-corrected chi connectivity index (χ4v) is 2.97. The molecule has 28 heavy (non-hydrogen) atoms. The second kappa shape index (κ2) is 8.10. The monoisotopic (exact) mass is 377 g/mol. The van der Waals surface area contributed by atoms with Gasteiger partial charge in [-0.3, -0.25) is 4.79 Å². The van der Waals surface area contributed by atoms with Gasteiger partial charge in [0.15, 0.2) is 5.76 Å². The van der Waals surface area contributed by atoms with E-state index >= 15 is 0 Å². The van der Waals surface area contributed by atoms with Crippen molar-refractivity contribution in [3.63, 3.8) is 0 Å². The Morgan fingerprint density at radius 3 is 2.64 bits per heavy atom. The molecule has 142 valence electrons. The number of ether oxygens (including phenoxy) is 3. The lowest BCUT2D eigenvalue weighted by Gasteiger charge is -2.25. The highest BCUT2D eigenvalue weighted by Crippen LogP contribution is 2.34. The van der Waals surface area contributed by atoms with Crippen LogP contribution in [0.25, 0.3) is 6.08 Å². The van der Waals surface area contributed by atoms with Gasteiger partial charge < -0.3 is 19.1 Å². The second-order valence-corrected chi connectivity index (χ2v) is 6.36. The third-order valence-electron chi connectivity index (χ3n) is 4.45. The lowest BCUT2D eigenvalue weighted by atomic mass is 10.1. The lowest BCUT2D eigenvalue weighted by Crippen LogP contribution is -2.42. The highest BCUT2D eigenvalue weighted by molar-refractivity contribution is 6.12. The van der Waals surface area contributed by atoms with Gasteiger partial charge >= 0.3 is 6.09 Å². The van der Waals surface area contributed by atoms with Gasteiger partial charge in [-0.2, -0.15) is 0 Å². The maximum Gasteiger partial charge on any atom is 0.415 e. The molecule has 0 N–H and O–H groups in total. The van der Waals surface area contributed by atoms with Crippen molar-refractivity contribution in [2.45, 2.75) is 0 Å². The van der Waals surface area contributed by atoms with Crippen molar-refractivity contribution in [1.82, 2.24) is 4.90 Å². The number of hydrogen-bond donors (Lipinski definition) is 0. The number of morpholine rings is 1. The number of amides is 1. The number of carbonyl (C=O) groups excluding carboxylic acids is 2. The quantitative estimate of drug-likeness (QED) is 0.764. The molecule has 0 atom stereocenters. The summed E-state index contributed by atoms with van der Waals surface area (Å²) in [7, 11) is 0. The molecule has 0 radical (unpaired) electrons. The largest absolute Gasteiger partial charge is 0.452 e. The minimum atomic E-state index is -0.436. The molecule has 2 aromatic rings. The predicted octanol–water partition coefficient (Wildman–Crippen LogP) is 3.69. The smallest absolute Gasteiger partial charge is 0.415 e. The molecule has 6 nitrogen and oxygen atoms in total. The number of benzene rings is 2. The van der Waals surface area contributed by atoms with Crippen LogP contribution in [0.5, 0.6) is 11.5 Å². The number of carbonyl (C=O) groups is 2. The summed E-state index contributed by atoms with van der Waals surface area (Å²) in [6.07, 6.45) is 4.86. The summed E-state index contributed by atoms with van der Waals surface area (Å²) in [5, 5.41) is 0. The summed E-state index contributed by atoms with van der Waals surface area (Å²) in [5.74, 6) is 0.762. The lowest BCUT2D eigenvalue weighted by molar-refractivity contribution is 0.0416. The molecule has 0 saturated carbocycles. The molecule has 2 heterocycles. The summed E-state index contributed by atoms with van der Waals surface area (Å²) < 4.78 is 16.3. The SMILES string of the molecule is O=C1/C(=C/C=C/c2ccccc2)Oc2cc(OC(=O)N3CCOCC3)ccc21. The summed E-state index contributed by atoms with van der Waals surface area (Å²) >= 11 is 0. The zero-order chi connectivity index (χ0) is 19.3. The summed E-state index contributed by atoms with van der Waals surface area (Å²) in [5.41, 5.74) is 1.48. The molecule has 2 aliphatic heterocycles. The molecule has 1 saturated heterocycles. The van der Waals surface area contributed by atoms with Gasteiger partial charge in [-0.15, -0.1) is 0 Å². The Hall–Kier alpha value is -3.38. The van der Waals surface area contributed by atoms with Crippen molar-refractivity contribution in [3.05, 3.63) is 77.6 Å². The van der Waals surface area contributed by atoms with Crippen LogP contribution in [0.15, 0.2) is 66.4 Å². The average Bonchev–Trinajstić information content (AvgIpc) is 3.04. The van der Waals surface area contributed by atoms with Crippen molar-refractivity contribution in [1.29, 1.82) is 0 Å². The Labute approximate surface area is 162 Å². The predicted molar refractivity (Wildman–Crippen MR) is 103 cm³/mol. The standard InChI is InChI=1S/C22H19NO5/c24-21-18-10-9-17(27-22(25)23-11-13-26-14-12-23)15-20(18)28-19(21)8-4-7-16-5-2-1-3-6-16/h1-10,15H,11-14H2/b7-4+,19-8-. The second-order valence-electron chi connectivity index (χ2n) is 6.36. The molecule has 1 amide bonds. The summed E-state index contributed by atoms with van der Waals surface area (Å²) in [4.78, 5) is 26.2. The fourth-order valence-electron chi connectivity index (χ4n) is 2.97. The molecule has 0 aromatic heterocycles. The minimum Gasteiger partial charge on any atom is -0.452 e. The Balaban J connectivity index is 1.44. The molecule has 2 aliphatic rings. The van der Waals surface area contributed by atoms with E-state index in [2.05, 4.69) is 0 Å². The Morgan fingerprint density at radius 2 is 1.86 bits per heavy atom. The molecule has 6 heteroatoms. The molecule has 0 aliphatic carbocycles. The Kier molecular flexibility index (Phi) is 5.21. The van der Waals surface area contributed by atoms with Gasteiger partial charge in [-0.25, -0.2) is 4.79 Å². The van der Waals surface area contributed by atoms with E-state index in [1.165, 1.54) is 0 Å². The van der Waals surface area contributed by atoms with Crippen molar-refractivity contribution in [2.75, 3.05) is 26.3 Å². The van der Waals surface area contributed by atoms with Gasteiger partial charge in [0.05, 0.1) is 18.8 Å². The molecule has 0 unspecified atom stereocenters. The maximum atomic E-state index is 12.5. The van der Waals surface area contributed by atoms with Crippen molar-refractivity contribution in [2.24, 2.45) is 0 Å². The van der Waals surface area contributed by atoms with Crippen molar-refractivity contribution < 1.29 is 23.8 Å². The van der Waals surface area contributed by atoms with E-state index in [1.807, 2.05) is 36.4 Å². The third-order valence-corrected chi connectivity index (χ3v) is 4.45. The molecular weight excluding hydrogens is 358 g/mol. The number of allylic oxidation sites excluding steroid dienone is 3. The van der Waals surface area contributed by atoms with Crippen LogP contribution in [-0.4, -0.2) is 43.1 Å². The van der Waals surface area contributed by atoms with Gasteiger partial charge in [0.25, 0.3) is 0 Å². The van der Waals surface area contributed by atoms with Gasteiger partial charge in [0, 0.05) is 19.2 Å². The Bertz CT molecular complexity index is 943. The number of Topliss-reactive ketones (excluding diaryl/α,β-unsaturated/α-hetero) is 1. The van der Waals surface area contributed by atoms with Gasteiger partial charge in [0.2, 0.25) is 5.78 Å². The molecular formula is C22H19NO5. The topological polar surface area (TPSA) is 65.1 Å². The molecule has 2 aromatic carbocycles. The van der Waals surface area contributed by atoms with E-state index in [9.17, 15) is 9.59 Å². The van der Waals surface area contributed by atoms with Gasteiger partial charge in [0.1, 0.15) is 11.5 Å². The molecule has 4 rings (SSSR count). The van der Waals surface area contributed by atoms with Crippen LogP contribution in [0.4, 0.5) is 4.79 Å². The molecule has 0 bridgehead atoms. The number of ketones is 1. The highest BCUT2D eigenvalue weighted by atomic mass is 16.6. The highest BCUT2D eigenvalue weighted by Gasteiger charge is 2.28. The first-order valence-corrected chi connectivity index (χ1v) is 9.05. The van der Waals surface area contributed by atoms with Crippen LogP contribution in [0.1, 0.15) is 15.9 Å². The van der Waals surface area contributed by atoms with E-state index < -0.39 is 6.09 Å². The molecule has 1 fully saturated rings. The number of hydrogen-bond acceptors (Lipinski definition) is 5. The van der Waals surface area contributed by atoms with E-state index in [0.29, 0.717) is 43.4 Å². The Morgan fingerprint density at radius 1 is 1.07 bits per heavy atom. The maximum absolute atomic E-state index is 12.5. The summed E-state index contributed by atoms with van der Waals surface area (Å²) in [6, 6.07) is 14.5. The first kappa shape index (κ1) is 18.0. The summed E-state index contributed by atoms with van der Waals surface area (Å²) in [6.45, 7) is 2.00. The van der Waals surface area contributed by atoms with Crippen LogP contribution in [0, 0.1) is 0 Å². The van der Waals surface area contributed by atoms with Crippen LogP contribution < -0.4 is 9.47 Å². The van der Waals surface area contributed by atoms with Crippen molar-refractivity contribution >= 4 is 18.0 Å². The van der Waals surface area contributed by atoms with Crippen LogP contribution in [-0.2, 0) is 4.74 Å². The van der Waals surface area contributed by atoms with Crippen LogP contribution in [0.2, 0.25) is 0 Å². The fraction of sp³-hybridized carbons (Fsp3) is 0.182.